The van der Waals surface area contributed by atoms with E-state index in [4.69, 9.17) is 16.7 Å². The highest BCUT2D eigenvalue weighted by Gasteiger charge is 2.33. The van der Waals surface area contributed by atoms with Crippen molar-refractivity contribution >= 4 is 23.4 Å². The predicted octanol–water partition coefficient (Wildman–Crippen LogP) is 1.43. The monoisotopic (exact) mass is 229 g/mol. The number of likely N-dealkylation sites (N-methyl/N-ethyl adjacent to an activating group) is 1. The Morgan fingerprint density at radius 3 is 2.60 bits per heavy atom. The van der Waals surface area contributed by atoms with Crippen LogP contribution in [0.1, 0.15) is 13.8 Å². The molecule has 0 fully saturated rings. The molecule has 1 heterocycles. The second-order valence-electron chi connectivity index (χ2n) is 3.62. The van der Waals surface area contributed by atoms with Gasteiger partial charge in [0.15, 0.2) is 0 Å². The van der Waals surface area contributed by atoms with Gasteiger partial charge in [-0.1, -0.05) is 11.6 Å². The van der Waals surface area contributed by atoms with E-state index in [9.17, 15) is 4.79 Å². The third-order valence-electron chi connectivity index (χ3n) is 2.30. The van der Waals surface area contributed by atoms with Crippen LogP contribution in [0.25, 0.3) is 0 Å². The zero-order chi connectivity index (χ0) is 11.6. The number of hydrogen-bond acceptors (Lipinski definition) is 4. The summed E-state index contributed by atoms with van der Waals surface area (Å²) in [6, 6.07) is 0. The molecule has 0 aliphatic carbocycles. The average molecular weight is 230 g/mol. The van der Waals surface area contributed by atoms with E-state index in [1.54, 1.807) is 20.9 Å². The van der Waals surface area contributed by atoms with Gasteiger partial charge in [0.05, 0.1) is 12.4 Å². The molecule has 0 spiro atoms. The van der Waals surface area contributed by atoms with Crippen LogP contribution in [-0.4, -0.2) is 33.6 Å². The van der Waals surface area contributed by atoms with Gasteiger partial charge in [0.25, 0.3) is 0 Å². The van der Waals surface area contributed by atoms with Gasteiger partial charge >= 0.3 is 5.97 Å². The lowest BCUT2D eigenvalue weighted by Gasteiger charge is -2.32. The molecule has 0 unspecified atom stereocenters. The van der Waals surface area contributed by atoms with E-state index in [-0.39, 0.29) is 5.15 Å². The molecule has 1 aromatic heterocycles. The summed E-state index contributed by atoms with van der Waals surface area (Å²) in [6.45, 7) is 3.16. The van der Waals surface area contributed by atoms with Gasteiger partial charge in [-0.15, -0.1) is 0 Å². The van der Waals surface area contributed by atoms with Crippen LogP contribution in [0.4, 0.5) is 5.82 Å². The normalized spacial score (nSPS) is 11.2. The molecule has 0 saturated heterocycles. The Morgan fingerprint density at radius 2 is 2.13 bits per heavy atom. The van der Waals surface area contributed by atoms with Crippen molar-refractivity contribution in [3.05, 3.63) is 17.5 Å². The number of anilines is 1. The van der Waals surface area contributed by atoms with Crippen molar-refractivity contribution in [1.82, 2.24) is 9.97 Å². The van der Waals surface area contributed by atoms with Crippen molar-refractivity contribution in [2.24, 2.45) is 0 Å². The largest absolute Gasteiger partial charge is 0.480 e. The number of aliphatic carboxylic acids is 1. The molecular weight excluding hydrogens is 218 g/mol. The third-order valence-corrected chi connectivity index (χ3v) is 2.48. The summed E-state index contributed by atoms with van der Waals surface area (Å²) in [6.07, 6.45) is 2.86. The van der Waals surface area contributed by atoms with Crippen molar-refractivity contribution in [3.63, 3.8) is 0 Å². The lowest BCUT2D eigenvalue weighted by atomic mass is 10.0. The van der Waals surface area contributed by atoms with Crippen molar-refractivity contribution < 1.29 is 9.90 Å². The molecule has 1 aromatic rings. The van der Waals surface area contributed by atoms with Crippen LogP contribution in [-0.2, 0) is 4.79 Å². The Bertz CT molecular complexity index is 381. The van der Waals surface area contributed by atoms with Crippen LogP contribution in [0.15, 0.2) is 12.4 Å². The Labute approximate surface area is 92.7 Å². The number of carboxylic acid groups (broad SMARTS) is 1. The summed E-state index contributed by atoms with van der Waals surface area (Å²) in [5.41, 5.74) is -1.06. The van der Waals surface area contributed by atoms with Crippen LogP contribution in [0.3, 0.4) is 0 Å². The van der Waals surface area contributed by atoms with E-state index in [0.717, 1.165) is 0 Å². The highest BCUT2D eigenvalue weighted by molar-refractivity contribution is 6.29. The molecule has 0 radical (unpaired) electrons. The summed E-state index contributed by atoms with van der Waals surface area (Å²) < 4.78 is 0. The molecule has 0 amide bonds. The standard InChI is InChI=1S/C9H12ClN3O2/c1-9(2,8(14)15)13(3)7-5-11-4-6(10)12-7/h4-5H,1-3H3,(H,14,15). The maximum absolute atomic E-state index is 11.0. The zero-order valence-corrected chi connectivity index (χ0v) is 9.49. The quantitative estimate of drug-likeness (QED) is 0.849. The fourth-order valence-corrected chi connectivity index (χ4v) is 1.07. The third kappa shape index (κ3) is 2.36. The van der Waals surface area contributed by atoms with Gasteiger partial charge in [0.1, 0.15) is 16.5 Å². The first kappa shape index (κ1) is 11.7. The van der Waals surface area contributed by atoms with Crippen LogP contribution >= 0.6 is 11.6 Å². The molecule has 0 atom stereocenters. The molecular formula is C9H12ClN3O2. The molecule has 15 heavy (non-hydrogen) atoms. The van der Waals surface area contributed by atoms with Crippen molar-refractivity contribution in [3.8, 4) is 0 Å². The molecule has 0 bridgehead atoms. The SMILES string of the molecule is CN(c1cncc(Cl)n1)C(C)(C)C(=O)O. The van der Waals surface area contributed by atoms with Crippen molar-refractivity contribution in [2.45, 2.75) is 19.4 Å². The highest BCUT2D eigenvalue weighted by Crippen LogP contribution is 2.20. The number of carbonyl (C=O) groups is 1. The minimum Gasteiger partial charge on any atom is -0.480 e. The highest BCUT2D eigenvalue weighted by atomic mass is 35.5. The Hall–Kier alpha value is -1.36. The van der Waals surface area contributed by atoms with Crippen LogP contribution in [0.5, 0.6) is 0 Å². The molecule has 6 heteroatoms. The van der Waals surface area contributed by atoms with Crippen LogP contribution < -0.4 is 4.90 Å². The molecule has 0 aromatic carbocycles. The van der Waals surface area contributed by atoms with Crippen LogP contribution in [0.2, 0.25) is 5.15 Å². The maximum Gasteiger partial charge on any atom is 0.328 e. The van der Waals surface area contributed by atoms with Crippen LogP contribution in [0, 0.1) is 0 Å². The van der Waals surface area contributed by atoms with Gasteiger partial charge in [-0.05, 0) is 13.8 Å². The predicted molar refractivity (Wildman–Crippen MR) is 57.2 cm³/mol. The van der Waals surface area contributed by atoms with E-state index >= 15 is 0 Å². The first-order chi connectivity index (χ1) is 6.85. The number of nitrogens with zero attached hydrogens (tertiary/aromatic N) is 3. The van der Waals surface area contributed by atoms with E-state index in [1.807, 2.05) is 0 Å². The first-order valence-corrected chi connectivity index (χ1v) is 4.68. The number of carboxylic acids is 1. The van der Waals surface area contributed by atoms with E-state index < -0.39 is 11.5 Å². The summed E-state index contributed by atoms with van der Waals surface area (Å²) in [7, 11) is 1.63. The second kappa shape index (κ2) is 4.02. The number of hydrogen-bond donors (Lipinski definition) is 1. The summed E-state index contributed by atoms with van der Waals surface area (Å²) in [5, 5.41) is 9.26. The number of halogens is 1. The molecule has 1 rings (SSSR count). The van der Waals surface area contributed by atoms with Gasteiger partial charge in [-0.3, -0.25) is 4.98 Å². The molecule has 0 aliphatic heterocycles. The Morgan fingerprint density at radius 1 is 1.53 bits per heavy atom. The van der Waals surface area contributed by atoms with E-state index in [1.165, 1.54) is 17.3 Å². The molecule has 0 aliphatic rings. The molecule has 5 nitrogen and oxygen atoms in total. The van der Waals surface area contributed by atoms with Crippen molar-refractivity contribution in [1.29, 1.82) is 0 Å². The average Bonchev–Trinajstić information content (AvgIpc) is 2.16. The fraction of sp³-hybridized carbons (Fsp3) is 0.444. The lowest BCUT2D eigenvalue weighted by molar-refractivity contribution is -0.142. The smallest absolute Gasteiger partial charge is 0.328 e. The maximum atomic E-state index is 11.0. The van der Waals surface area contributed by atoms with Gasteiger partial charge < -0.3 is 10.0 Å². The van der Waals surface area contributed by atoms with Crippen molar-refractivity contribution in [2.75, 3.05) is 11.9 Å². The molecule has 1 N–H and O–H groups in total. The fourth-order valence-electron chi connectivity index (χ4n) is 0.924. The summed E-state index contributed by atoms with van der Waals surface area (Å²) >= 11 is 5.67. The molecule has 82 valence electrons. The van der Waals surface area contributed by atoms with Gasteiger partial charge in [0.2, 0.25) is 0 Å². The Balaban J connectivity index is 3.04. The summed E-state index contributed by atoms with van der Waals surface area (Å²) in [4.78, 5) is 20.3. The Kier molecular flexibility index (Phi) is 3.14. The van der Waals surface area contributed by atoms with E-state index in [2.05, 4.69) is 9.97 Å². The van der Waals surface area contributed by atoms with Gasteiger partial charge in [-0.2, -0.15) is 0 Å². The zero-order valence-electron chi connectivity index (χ0n) is 8.73. The number of rotatable bonds is 3. The van der Waals surface area contributed by atoms with Gasteiger partial charge in [0, 0.05) is 7.05 Å². The van der Waals surface area contributed by atoms with E-state index in [0.29, 0.717) is 5.82 Å². The van der Waals surface area contributed by atoms with Gasteiger partial charge in [-0.25, -0.2) is 9.78 Å². The lowest BCUT2D eigenvalue weighted by Crippen LogP contribution is -2.48. The minimum atomic E-state index is -1.06. The summed E-state index contributed by atoms with van der Waals surface area (Å²) in [5.74, 6) is -0.512. The number of aromatic nitrogens is 2. The second-order valence-corrected chi connectivity index (χ2v) is 4.01. The first-order valence-electron chi connectivity index (χ1n) is 4.30. The molecule has 0 saturated carbocycles. The topological polar surface area (TPSA) is 66.3 Å². The minimum absolute atomic E-state index is 0.237.